The van der Waals surface area contributed by atoms with Gasteiger partial charge in [-0.25, -0.2) is 9.37 Å². The summed E-state index contributed by atoms with van der Waals surface area (Å²) in [5.41, 5.74) is -0.169. The van der Waals surface area contributed by atoms with Crippen molar-refractivity contribution >= 4 is 47.0 Å². The molecule has 8 nitrogen and oxygen atoms in total. The first-order valence-corrected chi connectivity index (χ1v) is 20.5. The van der Waals surface area contributed by atoms with Gasteiger partial charge in [0.25, 0.3) is 8.32 Å². The van der Waals surface area contributed by atoms with Crippen LogP contribution in [-0.2, 0) is 9.16 Å². The molecule has 0 unspecified atom stereocenters. The largest absolute Gasteiger partial charge is 0.461 e. The molecule has 2 aromatic heterocycles. The molecular weight excluding hydrogens is 669 g/mol. The molecule has 11 heteroatoms. The van der Waals surface area contributed by atoms with Gasteiger partial charge in [0.1, 0.15) is 17.9 Å². The second kappa shape index (κ2) is 13.1. The van der Waals surface area contributed by atoms with Gasteiger partial charge in [0.05, 0.1) is 29.7 Å². The number of halogens is 2. The predicted molar refractivity (Wildman–Crippen MR) is 198 cm³/mol. The lowest BCUT2D eigenvalue weighted by atomic mass is 9.86. The van der Waals surface area contributed by atoms with Crippen molar-refractivity contribution in [3.8, 4) is 6.01 Å². The van der Waals surface area contributed by atoms with E-state index in [1.165, 1.54) is 10.4 Å². The molecule has 0 amide bonds. The monoisotopic (exact) mass is 715 g/mol. The Kier molecular flexibility index (Phi) is 8.91. The number of anilines is 1. The van der Waals surface area contributed by atoms with Crippen molar-refractivity contribution in [2.24, 2.45) is 0 Å². The number of ether oxygens (including phenoxy) is 2. The number of piperidine rings is 1. The standard InChI is InChI=1S/C39H47ClFN5O3Si/c1-37(2,3)50(29-12-6-4-7-13-29,30-14-8-5-9-15-30)49-25-28-16-19-38(17-10-22-46(28)38)27-47-36-43-33-31(24-42-34(40)32(33)41)35(44-36)45-21-11-18-39(26-45)20-23-48-39/h4-9,12-15,24,28H,10-11,16-23,25-27H2,1-3H3/t28-,38-,39+/m1/s1. The Morgan fingerprint density at radius 1 is 0.960 bits per heavy atom. The van der Waals surface area contributed by atoms with E-state index in [4.69, 9.17) is 30.5 Å². The third kappa shape index (κ3) is 5.81. The van der Waals surface area contributed by atoms with Gasteiger partial charge in [-0.2, -0.15) is 9.97 Å². The maximum Gasteiger partial charge on any atom is 0.319 e. The quantitative estimate of drug-likeness (QED) is 0.143. The van der Waals surface area contributed by atoms with Crippen LogP contribution in [0.3, 0.4) is 0 Å². The zero-order valence-electron chi connectivity index (χ0n) is 29.3. The van der Waals surface area contributed by atoms with Crippen molar-refractivity contribution in [1.82, 2.24) is 19.9 Å². The molecule has 0 radical (unpaired) electrons. The number of pyridine rings is 1. The molecule has 8 rings (SSSR count). The van der Waals surface area contributed by atoms with Crippen molar-refractivity contribution in [2.45, 2.75) is 87.9 Å². The van der Waals surface area contributed by atoms with Gasteiger partial charge in [0, 0.05) is 31.7 Å². The molecule has 4 aliphatic heterocycles. The molecule has 0 N–H and O–H groups in total. The van der Waals surface area contributed by atoms with E-state index in [-0.39, 0.29) is 38.9 Å². The summed E-state index contributed by atoms with van der Waals surface area (Å²) < 4.78 is 35.4. The molecule has 3 atom stereocenters. The Hall–Kier alpha value is -3.15. The first-order valence-electron chi connectivity index (χ1n) is 18.2. The maximum atomic E-state index is 15.5. The zero-order valence-corrected chi connectivity index (χ0v) is 31.1. The summed E-state index contributed by atoms with van der Waals surface area (Å²) >= 11 is 6.16. The van der Waals surface area contributed by atoms with Crippen LogP contribution in [0.1, 0.15) is 65.7 Å². The Balaban J connectivity index is 1.05. The van der Waals surface area contributed by atoms with Gasteiger partial charge in [0.2, 0.25) is 0 Å². The first-order chi connectivity index (χ1) is 24.1. The Labute approximate surface area is 300 Å². The molecule has 264 valence electrons. The molecule has 0 aliphatic carbocycles. The number of fused-ring (bicyclic) bond motifs is 2. The third-order valence-corrected chi connectivity index (χ3v) is 17.1. The van der Waals surface area contributed by atoms with Crippen LogP contribution >= 0.6 is 11.6 Å². The van der Waals surface area contributed by atoms with E-state index in [1.807, 2.05) is 0 Å². The fourth-order valence-electron chi connectivity index (χ4n) is 9.27. The second-order valence-electron chi connectivity index (χ2n) is 15.7. The van der Waals surface area contributed by atoms with Gasteiger partial charge in [-0.3, -0.25) is 4.90 Å². The van der Waals surface area contributed by atoms with Crippen LogP contribution in [-0.4, -0.2) is 84.8 Å². The summed E-state index contributed by atoms with van der Waals surface area (Å²) in [5, 5.41) is 2.84. The maximum absolute atomic E-state index is 15.5. The number of nitrogens with zero attached hydrogens (tertiary/aromatic N) is 5. The zero-order chi connectivity index (χ0) is 34.6. The van der Waals surface area contributed by atoms with Gasteiger partial charge in [0.15, 0.2) is 11.0 Å². The molecular formula is C39H47ClFN5O3Si. The second-order valence-corrected chi connectivity index (χ2v) is 20.4. The van der Waals surface area contributed by atoms with Crippen molar-refractivity contribution in [3.63, 3.8) is 0 Å². The topological polar surface area (TPSA) is 72.8 Å². The Bertz CT molecular complexity index is 1800. The fraction of sp³-hybridized carbons (Fsp3) is 0.513. The number of benzene rings is 2. The average Bonchev–Trinajstić information content (AvgIpc) is 3.68. The number of hydrogen-bond donors (Lipinski definition) is 0. The normalized spacial score (nSPS) is 25.6. The molecule has 4 fully saturated rings. The average molecular weight is 716 g/mol. The molecule has 2 aromatic carbocycles. The van der Waals surface area contributed by atoms with E-state index < -0.39 is 14.1 Å². The van der Waals surface area contributed by atoms with E-state index in [2.05, 4.69) is 101 Å². The molecule has 1 spiro atoms. The number of rotatable bonds is 9. The van der Waals surface area contributed by atoms with E-state index in [9.17, 15) is 0 Å². The molecule has 4 saturated heterocycles. The lowest BCUT2D eigenvalue weighted by molar-refractivity contribution is -0.151. The van der Waals surface area contributed by atoms with E-state index >= 15 is 4.39 Å². The minimum absolute atomic E-state index is 0.0862. The SMILES string of the molecule is CC(C)(C)[Si](OC[C@H]1CC[C@@]2(COc3nc(N4CCC[C@]5(CCO5)C4)c4cnc(Cl)c(F)c4n3)CCCN12)(c1ccccc1)c1ccccc1. The van der Waals surface area contributed by atoms with Crippen molar-refractivity contribution < 1.29 is 18.3 Å². The predicted octanol–water partition coefficient (Wildman–Crippen LogP) is 6.53. The van der Waals surface area contributed by atoms with E-state index in [1.54, 1.807) is 6.20 Å². The number of aromatic nitrogens is 3. The van der Waals surface area contributed by atoms with Crippen LogP contribution in [0.4, 0.5) is 10.2 Å². The summed E-state index contributed by atoms with van der Waals surface area (Å²) in [6.07, 6.45) is 8.73. The van der Waals surface area contributed by atoms with Gasteiger partial charge >= 0.3 is 6.01 Å². The van der Waals surface area contributed by atoms with Gasteiger partial charge < -0.3 is 18.8 Å². The summed E-state index contributed by atoms with van der Waals surface area (Å²) in [7, 11) is -2.67. The van der Waals surface area contributed by atoms with Crippen LogP contribution in [0.15, 0.2) is 66.9 Å². The third-order valence-electron chi connectivity index (χ3n) is 11.8. The highest BCUT2D eigenvalue weighted by molar-refractivity contribution is 6.99. The number of hydrogen-bond acceptors (Lipinski definition) is 8. The smallest absolute Gasteiger partial charge is 0.319 e. The summed E-state index contributed by atoms with van der Waals surface area (Å²) in [6.45, 7) is 11.3. The minimum atomic E-state index is -2.67. The highest BCUT2D eigenvalue weighted by Crippen LogP contribution is 2.45. The van der Waals surface area contributed by atoms with Crippen LogP contribution in [0, 0.1) is 5.82 Å². The molecule has 4 aromatic rings. The lowest BCUT2D eigenvalue weighted by Gasteiger charge is -2.48. The molecule has 6 heterocycles. The molecule has 50 heavy (non-hydrogen) atoms. The Morgan fingerprint density at radius 3 is 2.32 bits per heavy atom. The van der Waals surface area contributed by atoms with Crippen LogP contribution < -0.4 is 20.0 Å². The van der Waals surface area contributed by atoms with Gasteiger partial charge in [-0.15, -0.1) is 0 Å². The van der Waals surface area contributed by atoms with E-state index in [0.29, 0.717) is 31.0 Å². The summed E-state index contributed by atoms with van der Waals surface area (Å²) in [4.78, 5) is 18.4. The van der Waals surface area contributed by atoms with Gasteiger partial charge in [-0.1, -0.05) is 93.0 Å². The highest BCUT2D eigenvalue weighted by Gasteiger charge is 2.54. The van der Waals surface area contributed by atoms with Gasteiger partial charge in [-0.05, 0) is 60.5 Å². The van der Waals surface area contributed by atoms with Crippen molar-refractivity contribution in [1.29, 1.82) is 0 Å². The van der Waals surface area contributed by atoms with Crippen LogP contribution in [0.5, 0.6) is 6.01 Å². The van der Waals surface area contributed by atoms with Crippen molar-refractivity contribution in [2.75, 3.05) is 44.4 Å². The fourth-order valence-corrected chi connectivity index (χ4v) is 14.0. The summed E-state index contributed by atoms with van der Waals surface area (Å²) in [6, 6.07) is 22.1. The van der Waals surface area contributed by atoms with Crippen LogP contribution in [0.2, 0.25) is 10.2 Å². The molecule has 4 aliphatic rings. The molecule has 0 bridgehead atoms. The lowest BCUT2D eigenvalue weighted by Crippen LogP contribution is -2.67. The summed E-state index contributed by atoms with van der Waals surface area (Å²) in [5.74, 6) is -0.0160. The highest BCUT2D eigenvalue weighted by atomic mass is 35.5. The van der Waals surface area contributed by atoms with E-state index in [0.717, 1.165) is 64.6 Å². The minimum Gasteiger partial charge on any atom is -0.461 e. The van der Waals surface area contributed by atoms with Crippen LogP contribution in [0.25, 0.3) is 10.9 Å². The molecule has 0 saturated carbocycles. The first kappa shape index (κ1) is 34.0. The van der Waals surface area contributed by atoms with Crippen molar-refractivity contribution in [3.05, 3.63) is 77.8 Å². The Morgan fingerprint density at radius 2 is 1.66 bits per heavy atom.